The van der Waals surface area contributed by atoms with Crippen molar-refractivity contribution in [1.29, 1.82) is 0 Å². The van der Waals surface area contributed by atoms with E-state index in [0.29, 0.717) is 0 Å². The Morgan fingerprint density at radius 3 is 2.74 bits per heavy atom. The Kier molecular flexibility index (Phi) is 7.89. The van der Waals surface area contributed by atoms with E-state index in [0.717, 1.165) is 31.5 Å². The zero-order valence-electron chi connectivity index (χ0n) is 14.9. The second-order valence-corrected chi connectivity index (χ2v) is 7.51. The molecule has 1 aliphatic rings. The summed E-state index contributed by atoms with van der Waals surface area (Å²) in [6.45, 7) is 5.15. The first kappa shape index (κ1) is 18.3. The van der Waals surface area contributed by atoms with Gasteiger partial charge in [-0.15, -0.1) is 11.3 Å². The maximum Gasteiger partial charge on any atom is 0.191 e. The normalized spacial score (nSPS) is 16.8. The number of guanidine groups is 1. The molecular weight excluding hydrogens is 304 g/mol. The van der Waals surface area contributed by atoms with E-state index in [-0.39, 0.29) is 0 Å². The van der Waals surface area contributed by atoms with Crippen molar-refractivity contribution >= 4 is 17.3 Å². The molecule has 2 N–H and O–H groups in total. The lowest BCUT2D eigenvalue weighted by Crippen LogP contribution is -2.39. The summed E-state index contributed by atoms with van der Waals surface area (Å²) in [6, 6.07) is 2.97. The van der Waals surface area contributed by atoms with Crippen LogP contribution in [-0.2, 0) is 6.54 Å². The summed E-state index contributed by atoms with van der Waals surface area (Å²) in [5.41, 5.74) is 1.35. The fraction of sp³-hybridized carbons (Fsp3) is 0.722. The average molecular weight is 337 g/mol. The van der Waals surface area contributed by atoms with E-state index in [2.05, 4.69) is 45.9 Å². The Morgan fingerprint density at radius 1 is 1.30 bits per heavy atom. The molecule has 0 saturated heterocycles. The summed E-state index contributed by atoms with van der Waals surface area (Å²) in [5.74, 6) is 0.901. The van der Waals surface area contributed by atoms with Crippen LogP contribution in [0.25, 0.3) is 0 Å². The number of nitrogens with one attached hydrogen (secondary N) is 2. The number of hydrogen-bond donors (Lipinski definition) is 2. The minimum Gasteiger partial charge on any atom is -0.356 e. The summed E-state index contributed by atoms with van der Waals surface area (Å²) < 4.78 is 0. The van der Waals surface area contributed by atoms with E-state index in [1.54, 1.807) is 11.3 Å². The molecule has 1 fully saturated rings. The summed E-state index contributed by atoms with van der Waals surface area (Å²) in [7, 11) is 4.12. The van der Waals surface area contributed by atoms with E-state index in [1.807, 2.05) is 7.05 Å². The maximum atomic E-state index is 4.31. The molecule has 1 aromatic heterocycles. The van der Waals surface area contributed by atoms with E-state index in [4.69, 9.17) is 0 Å². The van der Waals surface area contributed by atoms with Crippen molar-refractivity contribution in [2.45, 2.75) is 58.0 Å². The van der Waals surface area contributed by atoms with Crippen molar-refractivity contribution in [2.75, 3.05) is 27.2 Å². The zero-order valence-corrected chi connectivity index (χ0v) is 15.7. The van der Waals surface area contributed by atoms with Gasteiger partial charge >= 0.3 is 0 Å². The second kappa shape index (κ2) is 9.93. The predicted octanol–water partition coefficient (Wildman–Crippen LogP) is 3.38. The van der Waals surface area contributed by atoms with Crippen molar-refractivity contribution in [2.24, 2.45) is 4.99 Å². The van der Waals surface area contributed by atoms with Gasteiger partial charge in [0.05, 0.1) is 6.54 Å². The number of thiophene rings is 1. The number of hydrogen-bond acceptors (Lipinski definition) is 3. The molecule has 0 atom stereocenters. The van der Waals surface area contributed by atoms with Gasteiger partial charge < -0.3 is 15.5 Å². The van der Waals surface area contributed by atoms with Gasteiger partial charge in [-0.05, 0) is 56.8 Å². The SMILES string of the molecule is CN=C(NCCCN(C)C1CCCCC1)NCc1sccc1C. The number of aliphatic imine (C=N–C) groups is 1. The summed E-state index contributed by atoms with van der Waals surface area (Å²) in [5, 5.41) is 8.97. The Hall–Kier alpha value is -1.07. The third kappa shape index (κ3) is 6.15. The third-order valence-corrected chi connectivity index (χ3v) is 5.81. The highest BCUT2D eigenvalue weighted by atomic mass is 32.1. The van der Waals surface area contributed by atoms with Gasteiger partial charge in [0.1, 0.15) is 0 Å². The van der Waals surface area contributed by atoms with Crippen molar-refractivity contribution in [3.63, 3.8) is 0 Å². The highest BCUT2D eigenvalue weighted by Gasteiger charge is 2.17. The minimum absolute atomic E-state index is 0.808. The molecule has 0 amide bonds. The third-order valence-electron chi connectivity index (χ3n) is 4.79. The van der Waals surface area contributed by atoms with E-state index < -0.39 is 0 Å². The molecule has 1 saturated carbocycles. The lowest BCUT2D eigenvalue weighted by Gasteiger charge is -2.31. The van der Waals surface area contributed by atoms with Crippen LogP contribution in [0.2, 0.25) is 0 Å². The van der Waals surface area contributed by atoms with Crippen LogP contribution in [0, 0.1) is 6.92 Å². The quantitative estimate of drug-likeness (QED) is 0.455. The molecule has 2 rings (SSSR count). The molecule has 1 aliphatic carbocycles. The molecule has 0 aliphatic heterocycles. The van der Waals surface area contributed by atoms with E-state index >= 15 is 0 Å². The molecule has 1 heterocycles. The predicted molar refractivity (Wildman–Crippen MR) is 101 cm³/mol. The van der Waals surface area contributed by atoms with Gasteiger partial charge in [0.2, 0.25) is 0 Å². The molecule has 0 bridgehead atoms. The van der Waals surface area contributed by atoms with Crippen LogP contribution >= 0.6 is 11.3 Å². The van der Waals surface area contributed by atoms with Crippen molar-refractivity contribution in [3.05, 3.63) is 21.9 Å². The van der Waals surface area contributed by atoms with Gasteiger partial charge in [-0.1, -0.05) is 19.3 Å². The monoisotopic (exact) mass is 336 g/mol. The largest absolute Gasteiger partial charge is 0.356 e. The molecule has 0 spiro atoms. The molecule has 4 nitrogen and oxygen atoms in total. The van der Waals surface area contributed by atoms with Gasteiger partial charge in [-0.2, -0.15) is 0 Å². The Morgan fingerprint density at radius 2 is 2.09 bits per heavy atom. The average Bonchev–Trinajstić information content (AvgIpc) is 3.00. The zero-order chi connectivity index (χ0) is 16.5. The first-order valence-electron chi connectivity index (χ1n) is 8.88. The van der Waals surface area contributed by atoms with Crippen molar-refractivity contribution in [1.82, 2.24) is 15.5 Å². The lowest BCUT2D eigenvalue weighted by atomic mass is 9.94. The molecule has 0 aromatic carbocycles. The van der Waals surface area contributed by atoms with Gasteiger partial charge in [-0.3, -0.25) is 4.99 Å². The molecule has 1 aromatic rings. The molecule has 5 heteroatoms. The Labute approximate surface area is 145 Å². The van der Waals surface area contributed by atoms with E-state index in [1.165, 1.54) is 49.1 Å². The number of rotatable bonds is 7. The van der Waals surface area contributed by atoms with Crippen LogP contribution in [-0.4, -0.2) is 44.1 Å². The van der Waals surface area contributed by atoms with Crippen LogP contribution in [0.4, 0.5) is 0 Å². The molecule has 130 valence electrons. The first-order valence-corrected chi connectivity index (χ1v) is 9.76. The van der Waals surface area contributed by atoms with Crippen LogP contribution in [0.1, 0.15) is 49.0 Å². The van der Waals surface area contributed by atoms with Gasteiger partial charge in [0, 0.05) is 24.5 Å². The maximum absolute atomic E-state index is 4.31. The first-order chi connectivity index (χ1) is 11.2. The Bertz CT molecular complexity index is 477. The molecule has 23 heavy (non-hydrogen) atoms. The van der Waals surface area contributed by atoms with Crippen molar-refractivity contribution < 1.29 is 0 Å². The number of nitrogens with zero attached hydrogens (tertiary/aromatic N) is 2. The van der Waals surface area contributed by atoms with Crippen LogP contribution in [0.3, 0.4) is 0 Å². The van der Waals surface area contributed by atoms with Gasteiger partial charge in [0.25, 0.3) is 0 Å². The van der Waals surface area contributed by atoms with Gasteiger partial charge in [0.15, 0.2) is 5.96 Å². The van der Waals surface area contributed by atoms with E-state index in [9.17, 15) is 0 Å². The van der Waals surface area contributed by atoms with Crippen LogP contribution < -0.4 is 10.6 Å². The fourth-order valence-corrected chi connectivity index (χ4v) is 4.06. The molecule has 0 radical (unpaired) electrons. The van der Waals surface area contributed by atoms with Crippen LogP contribution in [0.5, 0.6) is 0 Å². The lowest BCUT2D eigenvalue weighted by molar-refractivity contribution is 0.190. The van der Waals surface area contributed by atoms with Gasteiger partial charge in [-0.25, -0.2) is 0 Å². The molecule has 0 unspecified atom stereocenters. The summed E-state index contributed by atoms with van der Waals surface area (Å²) in [4.78, 5) is 8.24. The second-order valence-electron chi connectivity index (χ2n) is 6.51. The number of aryl methyl sites for hydroxylation is 1. The minimum atomic E-state index is 0.808. The highest BCUT2D eigenvalue weighted by molar-refractivity contribution is 7.10. The topological polar surface area (TPSA) is 39.7 Å². The molecular formula is C18H32N4S. The highest BCUT2D eigenvalue weighted by Crippen LogP contribution is 2.21. The Balaban J connectivity index is 1.61. The smallest absolute Gasteiger partial charge is 0.191 e. The summed E-state index contributed by atoms with van der Waals surface area (Å²) in [6.07, 6.45) is 8.17. The van der Waals surface area contributed by atoms with Crippen LogP contribution in [0.15, 0.2) is 16.4 Å². The van der Waals surface area contributed by atoms with Crippen molar-refractivity contribution in [3.8, 4) is 0 Å². The summed E-state index contributed by atoms with van der Waals surface area (Å²) >= 11 is 1.80. The fourth-order valence-electron chi connectivity index (χ4n) is 3.21. The standard InChI is InChI=1S/C18H32N4S/c1-15-10-13-23-17(15)14-21-18(19-2)20-11-7-12-22(3)16-8-5-4-6-9-16/h10,13,16H,4-9,11-12,14H2,1-3H3,(H2,19,20,21).